The minimum absolute atomic E-state index is 0.0808. The molecule has 2 amide bonds. The molecule has 1 aromatic rings. The van der Waals surface area contributed by atoms with Crippen LogP contribution in [0.25, 0.3) is 0 Å². The van der Waals surface area contributed by atoms with Crippen LogP contribution in [0.3, 0.4) is 0 Å². The van der Waals surface area contributed by atoms with Crippen LogP contribution in [0.2, 0.25) is 0 Å². The van der Waals surface area contributed by atoms with Crippen LogP contribution in [0.15, 0.2) is 23.1 Å². The predicted octanol–water partition coefficient (Wildman–Crippen LogP) is 1.87. The average molecular weight is 357 g/mol. The largest absolute Gasteiger partial charge is 0.339 e. The van der Waals surface area contributed by atoms with E-state index in [0.29, 0.717) is 36.4 Å². The molecule has 0 bridgehead atoms. The second-order valence-electron chi connectivity index (χ2n) is 7.99. The highest BCUT2D eigenvalue weighted by molar-refractivity contribution is 5.94. The van der Waals surface area contributed by atoms with E-state index in [4.69, 9.17) is 0 Å². The van der Waals surface area contributed by atoms with Gasteiger partial charge in [-0.3, -0.25) is 14.4 Å². The highest BCUT2D eigenvalue weighted by Crippen LogP contribution is 2.44. The minimum Gasteiger partial charge on any atom is -0.339 e. The topological polar surface area (TPSA) is 73.5 Å². The fourth-order valence-corrected chi connectivity index (χ4v) is 4.82. The van der Waals surface area contributed by atoms with Gasteiger partial charge >= 0.3 is 0 Å². The average Bonchev–Trinajstić information content (AvgIpc) is 3.04. The molecule has 1 saturated carbocycles. The molecule has 1 aliphatic carbocycles. The minimum atomic E-state index is -0.255. The Morgan fingerprint density at radius 3 is 2.85 bits per heavy atom. The second-order valence-corrected chi connectivity index (χ2v) is 7.99. The smallest absolute Gasteiger partial charge is 0.254 e. The number of carbonyl (C=O) groups excluding carboxylic acids is 2. The summed E-state index contributed by atoms with van der Waals surface area (Å²) in [6, 6.07) is 3.29. The van der Waals surface area contributed by atoms with Gasteiger partial charge in [-0.25, -0.2) is 0 Å². The summed E-state index contributed by atoms with van der Waals surface area (Å²) in [6.07, 6.45) is 6.71. The Bertz CT molecular complexity index is 759. The Morgan fingerprint density at radius 1 is 1.27 bits per heavy atom. The molecule has 4 atom stereocenters. The zero-order valence-corrected chi connectivity index (χ0v) is 15.3. The predicted molar refractivity (Wildman–Crippen MR) is 97.7 cm³/mol. The Labute approximate surface area is 153 Å². The number of carbonyl (C=O) groups is 2. The summed E-state index contributed by atoms with van der Waals surface area (Å²) in [7, 11) is 0. The molecule has 3 heterocycles. The molecule has 1 aromatic heterocycles. The van der Waals surface area contributed by atoms with Gasteiger partial charge in [-0.1, -0.05) is 13.3 Å². The van der Waals surface area contributed by atoms with Crippen molar-refractivity contribution < 1.29 is 9.59 Å². The second kappa shape index (κ2) is 6.89. The van der Waals surface area contributed by atoms with E-state index in [-0.39, 0.29) is 23.4 Å². The zero-order valence-electron chi connectivity index (χ0n) is 15.3. The van der Waals surface area contributed by atoms with Crippen LogP contribution in [0.4, 0.5) is 0 Å². The molecule has 26 heavy (non-hydrogen) atoms. The van der Waals surface area contributed by atoms with Gasteiger partial charge in [0.2, 0.25) is 11.5 Å². The number of hydrogen-bond donors (Lipinski definition) is 1. The molecule has 3 aliphatic rings. The van der Waals surface area contributed by atoms with Crippen LogP contribution in [0.1, 0.15) is 49.4 Å². The number of rotatable bonds is 4. The summed E-state index contributed by atoms with van der Waals surface area (Å²) in [5, 5.41) is 0. The van der Waals surface area contributed by atoms with E-state index in [2.05, 4.69) is 16.8 Å². The Hall–Kier alpha value is -2.11. The SMILES string of the molecule is CC[C@@H]1C[C@H]1C(=O)N1CCCC1C1CCN(C(=O)c2cc[nH]c(=O)c2)C1. The third-order valence-electron chi connectivity index (χ3n) is 6.42. The first kappa shape index (κ1) is 17.3. The summed E-state index contributed by atoms with van der Waals surface area (Å²) >= 11 is 0. The molecule has 2 unspecified atom stereocenters. The summed E-state index contributed by atoms with van der Waals surface area (Å²) in [4.78, 5) is 43.4. The van der Waals surface area contributed by atoms with Gasteiger partial charge in [-0.15, -0.1) is 0 Å². The van der Waals surface area contributed by atoms with Crippen LogP contribution in [-0.2, 0) is 4.79 Å². The molecule has 3 fully saturated rings. The normalized spacial score (nSPS) is 30.7. The zero-order chi connectivity index (χ0) is 18.3. The highest BCUT2D eigenvalue weighted by atomic mass is 16.2. The summed E-state index contributed by atoms with van der Waals surface area (Å²) < 4.78 is 0. The molecule has 0 aromatic carbocycles. The standard InChI is InChI=1S/C20H27N3O3/c1-2-13-10-16(13)20(26)23-8-3-4-17(23)15-6-9-22(12-15)19(25)14-5-7-21-18(24)11-14/h5,7,11,13,15-17H,2-4,6,8-10,12H2,1H3,(H,21,24)/t13-,15?,16-,17?/m1/s1. The molecule has 2 saturated heterocycles. The number of amides is 2. The number of nitrogens with zero attached hydrogens (tertiary/aromatic N) is 2. The van der Waals surface area contributed by atoms with E-state index >= 15 is 0 Å². The Morgan fingerprint density at radius 2 is 2.12 bits per heavy atom. The first-order chi connectivity index (χ1) is 12.6. The van der Waals surface area contributed by atoms with Crippen LogP contribution >= 0.6 is 0 Å². The summed E-state index contributed by atoms with van der Waals surface area (Å²) in [5.74, 6) is 1.45. The van der Waals surface area contributed by atoms with Crippen molar-refractivity contribution in [1.29, 1.82) is 0 Å². The lowest BCUT2D eigenvalue weighted by Crippen LogP contribution is -2.42. The quantitative estimate of drug-likeness (QED) is 0.894. The van der Waals surface area contributed by atoms with Crippen molar-refractivity contribution in [3.05, 3.63) is 34.2 Å². The van der Waals surface area contributed by atoms with Gasteiger partial charge in [-0.05, 0) is 43.6 Å². The number of likely N-dealkylation sites (tertiary alicyclic amines) is 2. The van der Waals surface area contributed by atoms with Crippen LogP contribution in [0.5, 0.6) is 0 Å². The van der Waals surface area contributed by atoms with Crippen molar-refractivity contribution in [2.75, 3.05) is 19.6 Å². The van der Waals surface area contributed by atoms with Crippen molar-refractivity contribution in [2.24, 2.45) is 17.8 Å². The van der Waals surface area contributed by atoms with Crippen LogP contribution < -0.4 is 5.56 Å². The van der Waals surface area contributed by atoms with Crippen molar-refractivity contribution in [3.63, 3.8) is 0 Å². The number of hydrogen-bond acceptors (Lipinski definition) is 3. The lowest BCUT2D eigenvalue weighted by molar-refractivity contribution is -0.134. The third-order valence-corrected chi connectivity index (χ3v) is 6.42. The fourth-order valence-electron chi connectivity index (χ4n) is 4.82. The molecular weight excluding hydrogens is 330 g/mol. The molecule has 0 spiro atoms. The monoisotopic (exact) mass is 357 g/mol. The highest BCUT2D eigenvalue weighted by Gasteiger charge is 2.47. The van der Waals surface area contributed by atoms with Crippen molar-refractivity contribution in [1.82, 2.24) is 14.8 Å². The molecular formula is C20H27N3O3. The van der Waals surface area contributed by atoms with Crippen LogP contribution in [0, 0.1) is 17.8 Å². The van der Waals surface area contributed by atoms with Crippen molar-refractivity contribution >= 4 is 11.8 Å². The van der Waals surface area contributed by atoms with Gasteiger partial charge in [0.25, 0.3) is 5.91 Å². The maximum Gasteiger partial charge on any atom is 0.254 e. The van der Waals surface area contributed by atoms with Gasteiger partial charge in [0.15, 0.2) is 0 Å². The first-order valence-corrected chi connectivity index (χ1v) is 9.87. The van der Waals surface area contributed by atoms with E-state index < -0.39 is 0 Å². The lowest BCUT2D eigenvalue weighted by atomic mass is 9.96. The van der Waals surface area contributed by atoms with Gasteiger partial charge in [0.05, 0.1) is 0 Å². The molecule has 1 N–H and O–H groups in total. The lowest BCUT2D eigenvalue weighted by Gasteiger charge is -2.30. The molecule has 140 valence electrons. The number of H-pyrrole nitrogens is 1. The Balaban J connectivity index is 1.41. The third kappa shape index (κ3) is 3.17. The molecule has 4 rings (SSSR count). The molecule has 6 nitrogen and oxygen atoms in total. The Kier molecular flexibility index (Phi) is 4.59. The molecule has 0 radical (unpaired) electrons. The van der Waals surface area contributed by atoms with Crippen molar-refractivity contribution in [3.8, 4) is 0 Å². The first-order valence-electron chi connectivity index (χ1n) is 9.87. The van der Waals surface area contributed by atoms with Gasteiger partial charge in [-0.2, -0.15) is 0 Å². The molecule has 6 heteroatoms. The number of nitrogens with one attached hydrogen (secondary N) is 1. The van der Waals surface area contributed by atoms with Gasteiger partial charge in [0, 0.05) is 49.4 Å². The van der Waals surface area contributed by atoms with Gasteiger partial charge in [0.1, 0.15) is 0 Å². The number of pyridine rings is 1. The summed E-state index contributed by atoms with van der Waals surface area (Å²) in [5.41, 5.74) is 0.187. The van der Waals surface area contributed by atoms with E-state index in [9.17, 15) is 14.4 Å². The fraction of sp³-hybridized carbons (Fsp3) is 0.650. The van der Waals surface area contributed by atoms with E-state index in [1.54, 1.807) is 6.07 Å². The van der Waals surface area contributed by atoms with E-state index in [1.165, 1.54) is 12.3 Å². The maximum atomic E-state index is 12.8. The molecule has 2 aliphatic heterocycles. The van der Waals surface area contributed by atoms with Gasteiger partial charge < -0.3 is 14.8 Å². The van der Waals surface area contributed by atoms with E-state index in [0.717, 1.165) is 38.6 Å². The van der Waals surface area contributed by atoms with Crippen LogP contribution in [-0.4, -0.2) is 52.3 Å². The summed E-state index contributed by atoms with van der Waals surface area (Å²) in [6.45, 7) is 4.42. The number of aromatic amines is 1. The van der Waals surface area contributed by atoms with Crippen molar-refractivity contribution in [2.45, 2.75) is 45.1 Å². The van der Waals surface area contributed by atoms with E-state index in [1.807, 2.05) is 4.90 Å². The number of aromatic nitrogens is 1. The maximum absolute atomic E-state index is 12.8.